The van der Waals surface area contributed by atoms with Crippen molar-refractivity contribution in [2.75, 3.05) is 19.7 Å². The fourth-order valence-corrected chi connectivity index (χ4v) is 2.75. The quantitative estimate of drug-likeness (QED) is 0.924. The van der Waals surface area contributed by atoms with Crippen LogP contribution in [0.25, 0.3) is 10.9 Å². The Labute approximate surface area is 119 Å². The zero-order chi connectivity index (χ0) is 13.9. The summed E-state index contributed by atoms with van der Waals surface area (Å²) >= 11 is 0. The summed E-state index contributed by atoms with van der Waals surface area (Å²) in [6, 6.07) is 10.8. The van der Waals surface area contributed by atoms with Crippen LogP contribution in [0.4, 0.5) is 0 Å². The molecular formula is C16H21N3O. The van der Waals surface area contributed by atoms with Gasteiger partial charge < -0.3 is 10.5 Å². The van der Waals surface area contributed by atoms with Gasteiger partial charge in [-0.05, 0) is 24.6 Å². The van der Waals surface area contributed by atoms with Gasteiger partial charge in [0.2, 0.25) is 0 Å². The van der Waals surface area contributed by atoms with E-state index in [2.05, 4.69) is 41.1 Å². The van der Waals surface area contributed by atoms with E-state index >= 15 is 0 Å². The highest BCUT2D eigenvalue weighted by atomic mass is 16.5. The van der Waals surface area contributed by atoms with Crippen LogP contribution in [-0.4, -0.2) is 41.7 Å². The molecule has 1 saturated heterocycles. The zero-order valence-electron chi connectivity index (χ0n) is 11.8. The summed E-state index contributed by atoms with van der Waals surface area (Å²) in [5.74, 6) is 0. The zero-order valence-corrected chi connectivity index (χ0v) is 11.8. The molecule has 0 radical (unpaired) electrons. The third-order valence-corrected chi connectivity index (χ3v) is 4.01. The van der Waals surface area contributed by atoms with Gasteiger partial charge in [0.1, 0.15) is 0 Å². The van der Waals surface area contributed by atoms with E-state index in [1.165, 1.54) is 10.9 Å². The first-order valence-electron chi connectivity index (χ1n) is 7.16. The Hall–Kier alpha value is -1.49. The lowest BCUT2D eigenvalue weighted by Crippen LogP contribution is -2.50. The fourth-order valence-electron chi connectivity index (χ4n) is 2.75. The maximum absolute atomic E-state index is 5.73. The molecule has 2 unspecified atom stereocenters. The summed E-state index contributed by atoms with van der Waals surface area (Å²) in [5.41, 5.74) is 8.11. The smallest absolute Gasteiger partial charge is 0.0824 e. The SMILES string of the molecule is CC1COC(CN)CN1Cc1ccnc2ccccc12. The number of pyridine rings is 1. The van der Waals surface area contributed by atoms with Crippen LogP contribution in [-0.2, 0) is 11.3 Å². The molecule has 20 heavy (non-hydrogen) atoms. The molecule has 2 atom stereocenters. The first kappa shape index (κ1) is 13.5. The molecule has 1 aromatic heterocycles. The summed E-state index contributed by atoms with van der Waals surface area (Å²) in [6.45, 7) is 5.36. The van der Waals surface area contributed by atoms with Gasteiger partial charge in [-0.1, -0.05) is 18.2 Å². The molecule has 0 bridgehead atoms. The lowest BCUT2D eigenvalue weighted by molar-refractivity contribution is -0.0566. The molecule has 106 valence electrons. The summed E-state index contributed by atoms with van der Waals surface area (Å²) in [5, 5.41) is 1.23. The van der Waals surface area contributed by atoms with Gasteiger partial charge in [-0.3, -0.25) is 9.88 Å². The number of nitrogens with zero attached hydrogens (tertiary/aromatic N) is 2. The number of nitrogens with two attached hydrogens (primary N) is 1. The molecule has 1 aromatic carbocycles. The lowest BCUT2D eigenvalue weighted by atomic mass is 10.1. The van der Waals surface area contributed by atoms with Crippen molar-refractivity contribution in [3.63, 3.8) is 0 Å². The van der Waals surface area contributed by atoms with Crippen LogP contribution in [0.1, 0.15) is 12.5 Å². The van der Waals surface area contributed by atoms with Gasteiger partial charge in [0, 0.05) is 37.3 Å². The normalized spacial score (nSPS) is 24.1. The molecule has 2 heterocycles. The molecule has 2 aromatic rings. The van der Waals surface area contributed by atoms with Gasteiger partial charge in [-0.15, -0.1) is 0 Å². The minimum absolute atomic E-state index is 0.152. The maximum Gasteiger partial charge on any atom is 0.0824 e. The molecule has 0 spiro atoms. The highest BCUT2D eigenvalue weighted by molar-refractivity contribution is 5.81. The van der Waals surface area contributed by atoms with Crippen LogP contribution in [0.2, 0.25) is 0 Å². The summed E-state index contributed by atoms with van der Waals surface area (Å²) in [7, 11) is 0. The Kier molecular flexibility index (Phi) is 3.96. The van der Waals surface area contributed by atoms with Gasteiger partial charge >= 0.3 is 0 Å². The third-order valence-electron chi connectivity index (χ3n) is 4.01. The minimum Gasteiger partial charge on any atom is -0.374 e. The number of hydrogen-bond acceptors (Lipinski definition) is 4. The number of para-hydroxylation sites is 1. The van der Waals surface area contributed by atoms with Crippen LogP contribution < -0.4 is 5.73 Å². The predicted molar refractivity (Wildman–Crippen MR) is 80.4 cm³/mol. The van der Waals surface area contributed by atoms with Crippen LogP contribution in [0.15, 0.2) is 36.5 Å². The Morgan fingerprint density at radius 1 is 1.35 bits per heavy atom. The van der Waals surface area contributed by atoms with Crippen molar-refractivity contribution in [2.24, 2.45) is 5.73 Å². The molecule has 0 aliphatic carbocycles. The second-order valence-electron chi connectivity index (χ2n) is 5.46. The molecule has 3 rings (SSSR count). The number of rotatable bonds is 3. The van der Waals surface area contributed by atoms with E-state index in [9.17, 15) is 0 Å². The molecule has 4 heteroatoms. The van der Waals surface area contributed by atoms with Gasteiger partial charge in [0.25, 0.3) is 0 Å². The molecule has 2 N–H and O–H groups in total. The first-order valence-corrected chi connectivity index (χ1v) is 7.16. The van der Waals surface area contributed by atoms with E-state index < -0.39 is 0 Å². The van der Waals surface area contributed by atoms with Crippen LogP contribution >= 0.6 is 0 Å². The Balaban J connectivity index is 1.85. The number of aromatic nitrogens is 1. The van der Waals surface area contributed by atoms with Gasteiger partial charge in [-0.25, -0.2) is 0 Å². The van der Waals surface area contributed by atoms with Gasteiger partial charge in [0.05, 0.1) is 18.2 Å². The second-order valence-corrected chi connectivity index (χ2v) is 5.46. The van der Waals surface area contributed by atoms with Crippen molar-refractivity contribution in [3.05, 3.63) is 42.1 Å². The predicted octanol–water partition coefficient (Wildman–Crippen LogP) is 1.78. The number of hydrogen-bond donors (Lipinski definition) is 1. The Morgan fingerprint density at radius 3 is 3.05 bits per heavy atom. The highest BCUT2D eigenvalue weighted by Gasteiger charge is 2.25. The lowest BCUT2D eigenvalue weighted by Gasteiger charge is -2.37. The topological polar surface area (TPSA) is 51.4 Å². The molecule has 1 aliphatic heterocycles. The number of morpholine rings is 1. The van der Waals surface area contributed by atoms with Gasteiger partial charge in [-0.2, -0.15) is 0 Å². The van der Waals surface area contributed by atoms with Gasteiger partial charge in [0.15, 0.2) is 0 Å². The van der Waals surface area contributed by atoms with E-state index in [-0.39, 0.29) is 6.10 Å². The van der Waals surface area contributed by atoms with E-state index in [0.717, 1.165) is 25.2 Å². The number of ether oxygens (including phenoxy) is 1. The Bertz CT molecular complexity index is 581. The average molecular weight is 271 g/mol. The maximum atomic E-state index is 5.73. The van der Waals surface area contributed by atoms with Crippen LogP contribution in [0.5, 0.6) is 0 Å². The number of benzene rings is 1. The van der Waals surface area contributed by atoms with Crippen molar-refractivity contribution < 1.29 is 4.74 Å². The highest BCUT2D eigenvalue weighted by Crippen LogP contribution is 2.21. The molecule has 0 amide bonds. The molecular weight excluding hydrogens is 250 g/mol. The molecule has 0 saturated carbocycles. The standard InChI is InChI=1S/C16H21N3O/c1-12-11-20-14(8-17)10-19(12)9-13-6-7-18-16-5-3-2-4-15(13)16/h2-7,12,14H,8-11,17H2,1H3. The second kappa shape index (κ2) is 5.87. The van der Waals surface area contributed by atoms with Crippen LogP contribution in [0, 0.1) is 0 Å². The van der Waals surface area contributed by atoms with E-state index in [1.807, 2.05) is 12.3 Å². The van der Waals surface area contributed by atoms with Crippen LogP contribution in [0.3, 0.4) is 0 Å². The summed E-state index contributed by atoms with van der Waals surface area (Å²) < 4.78 is 5.72. The van der Waals surface area contributed by atoms with E-state index in [4.69, 9.17) is 10.5 Å². The Morgan fingerprint density at radius 2 is 2.20 bits per heavy atom. The monoisotopic (exact) mass is 271 g/mol. The van der Waals surface area contributed by atoms with Crippen molar-refractivity contribution >= 4 is 10.9 Å². The van der Waals surface area contributed by atoms with Crippen molar-refractivity contribution in [3.8, 4) is 0 Å². The minimum atomic E-state index is 0.152. The van der Waals surface area contributed by atoms with Crippen molar-refractivity contribution in [1.29, 1.82) is 0 Å². The summed E-state index contributed by atoms with van der Waals surface area (Å²) in [4.78, 5) is 6.87. The summed E-state index contributed by atoms with van der Waals surface area (Å²) in [6.07, 6.45) is 2.04. The number of fused-ring (bicyclic) bond motifs is 1. The fraction of sp³-hybridized carbons (Fsp3) is 0.438. The van der Waals surface area contributed by atoms with E-state index in [1.54, 1.807) is 0 Å². The van der Waals surface area contributed by atoms with Crippen molar-refractivity contribution in [2.45, 2.75) is 25.6 Å². The molecule has 4 nitrogen and oxygen atoms in total. The van der Waals surface area contributed by atoms with E-state index in [0.29, 0.717) is 12.6 Å². The third kappa shape index (κ3) is 2.68. The molecule has 1 aliphatic rings. The molecule has 1 fully saturated rings. The average Bonchev–Trinajstić information content (AvgIpc) is 2.50. The largest absolute Gasteiger partial charge is 0.374 e. The van der Waals surface area contributed by atoms with Crippen molar-refractivity contribution in [1.82, 2.24) is 9.88 Å². The first-order chi connectivity index (χ1) is 9.78.